The van der Waals surface area contributed by atoms with Gasteiger partial charge in [0.05, 0.1) is 11.9 Å². The maximum atomic E-state index is 13.6. The van der Waals surface area contributed by atoms with E-state index in [2.05, 4.69) is 5.32 Å². The summed E-state index contributed by atoms with van der Waals surface area (Å²) in [5.41, 5.74) is 3.20. The molecule has 0 aliphatic heterocycles. The lowest BCUT2D eigenvalue weighted by Crippen LogP contribution is -2.51. The van der Waals surface area contributed by atoms with Gasteiger partial charge in [-0.2, -0.15) is 0 Å². The molecule has 1 N–H and O–H groups in total. The Labute approximate surface area is 197 Å². The highest BCUT2D eigenvalue weighted by Gasteiger charge is 2.31. The Morgan fingerprint density at radius 1 is 1.00 bits per heavy atom. The Morgan fingerprint density at radius 3 is 2.18 bits per heavy atom. The molecule has 0 spiro atoms. The van der Waals surface area contributed by atoms with E-state index in [1.54, 1.807) is 19.1 Å². The predicted octanol–water partition coefficient (Wildman–Crippen LogP) is 3.44. The molecule has 7 nitrogen and oxygen atoms in total. The fourth-order valence-electron chi connectivity index (χ4n) is 3.67. The van der Waals surface area contributed by atoms with Crippen LogP contribution in [0.4, 0.5) is 5.69 Å². The number of hydrogen-bond donors (Lipinski definition) is 1. The lowest BCUT2D eigenvalue weighted by atomic mass is 10.0. The molecular weight excluding hydrogens is 438 g/mol. The van der Waals surface area contributed by atoms with Crippen LogP contribution in [-0.2, 0) is 26.2 Å². The van der Waals surface area contributed by atoms with E-state index in [-0.39, 0.29) is 18.4 Å². The second-order valence-electron chi connectivity index (χ2n) is 8.50. The summed E-state index contributed by atoms with van der Waals surface area (Å²) in [7, 11) is -3.75. The van der Waals surface area contributed by atoms with E-state index in [0.717, 1.165) is 27.3 Å². The minimum absolute atomic E-state index is 0.0675. The summed E-state index contributed by atoms with van der Waals surface area (Å²) in [5.74, 6) is -0.660. The molecule has 0 fully saturated rings. The van der Waals surface area contributed by atoms with Crippen molar-refractivity contribution in [3.63, 3.8) is 0 Å². The Morgan fingerprint density at radius 2 is 1.61 bits per heavy atom. The number of carbonyl (C=O) groups is 2. The molecule has 0 aliphatic carbocycles. The third-order valence-electron chi connectivity index (χ3n) is 5.63. The molecule has 2 amide bonds. The molecule has 33 heavy (non-hydrogen) atoms. The van der Waals surface area contributed by atoms with Crippen LogP contribution in [-0.4, -0.2) is 50.5 Å². The van der Waals surface area contributed by atoms with E-state index < -0.39 is 28.5 Å². The number of sulfonamides is 1. The van der Waals surface area contributed by atoms with Crippen molar-refractivity contribution in [2.45, 2.75) is 53.1 Å². The van der Waals surface area contributed by atoms with Crippen LogP contribution < -0.4 is 9.62 Å². The number of nitrogens with zero attached hydrogens (tertiary/aromatic N) is 2. The average Bonchev–Trinajstić information content (AvgIpc) is 2.75. The number of amides is 2. The van der Waals surface area contributed by atoms with Crippen LogP contribution in [0.2, 0.25) is 0 Å². The monoisotopic (exact) mass is 473 g/mol. The number of para-hydroxylation sites is 1. The topological polar surface area (TPSA) is 86.8 Å². The van der Waals surface area contributed by atoms with Gasteiger partial charge in [0.2, 0.25) is 21.8 Å². The van der Waals surface area contributed by atoms with Crippen LogP contribution in [0.1, 0.15) is 50.3 Å². The number of rotatable bonds is 10. The SMILES string of the molecule is CCNC(=O)C(C)N(Cc1ccccc1C)C(=O)CN(c1ccccc1C(C)C)S(C)(=O)=O. The van der Waals surface area contributed by atoms with Crippen molar-refractivity contribution in [2.75, 3.05) is 23.7 Å². The van der Waals surface area contributed by atoms with Crippen molar-refractivity contribution in [3.05, 3.63) is 65.2 Å². The largest absolute Gasteiger partial charge is 0.355 e. The van der Waals surface area contributed by atoms with Gasteiger partial charge in [-0.05, 0) is 49.4 Å². The molecule has 0 bridgehead atoms. The number of anilines is 1. The summed E-state index contributed by atoms with van der Waals surface area (Å²) in [4.78, 5) is 27.6. The summed E-state index contributed by atoms with van der Waals surface area (Å²) >= 11 is 0. The summed E-state index contributed by atoms with van der Waals surface area (Å²) in [5, 5.41) is 2.76. The molecule has 8 heteroatoms. The van der Waals surface area contributed by atoms with Gasteiger partial charge in [-0.3, -0.25) is 13.9 Å². The Bertz CT molecular complexity index is 1080. The van der Waals surface area contributed by atoms with Crippen LogP contribution >= 0.6 is 0 Å². The molecule has 2 aromatic carbocycles. The van der Waals surface area contributed by atoms with E-state index in [0.29, 0.717) is 12.2 Å². The fraction of sp³-hybridized carbons (Fsp3) is 0.440. The first kappa shape index (κ1) is 26.4. The van der Waals surface area contributed by atoms with Crippen LogP contribution in [0.15, 0.2) is 48.5 Å². The summed E-state index contributed by atoms with van der Waals surface area (Å²) in [6, 6.07) is 14.1. The molecule has 0 radical (unpaired) electrons. The zero-order chi connectivity index (χ0) is 24.8. The molecule has 0 aromatic heterocycles. The van der Waals surface area contributed by atoms with E-state index in [4.69, 9.17) is 0 Å². The molecule has 0 heterocycles. The Balaban J connectivity index is 2.47. The lowest BCUT2D eigenvalue weighted by molar-refractivity contribution is -0.139. The van der Waals surface area contributed by atoms with Crippen LogP contribution in [0, 0.1) is 6.92 Å². The molecule has 2 aromatic rings. The van der Waals surface area contributed by atoms with Gasteiger partial charge in [0.15, 0.2) is 0 Å². The van der Waals surface area contributed by atoms with Crippen LogP contribution in [0.3, 0.4) is 0 Å². The minimum atomic E-state index is -3.75. The number of aryl methyl sites for hydroxylation is 1. The highest BCUT2D eigenvalue weighted by Crippen LogP contribution is 2.29. The average molecular weight is 474 g/mol. The quantitative estimate of drug-likeness (QED) is 0.573. The fourth-order valence-corrected chi connectivity index (χ4v) is 4.54. The van der Waals surface area contributed by atoms with Gasteiger partial charge < -0.3 is 10.2 Å². The number of benzene rings is 2. The maximum Gasteiger partial charge on any atom is 0.244 e. The molecule has 2 rings (SSSR count). The number of hydrogen-bond acceptors (Lipinski definition) is 4. The first-order chi connectivity index (χ1) is 15.5. The van der Waals surface area contributed by atoms with Gasteiger partial charge in [-0.1, -0.05) is 56.3 Å². The van der Waals surface area contributed by atoms with Crippen LogP contribution in [0.5, 0.6) is 0 Å². The van der Waals surface area contributed by atoms with E-state index in [9.17, 15) is 18.0 Å². The molecule has 0 saturated heterocycles. The molecule has 0 aliphatic rings. The molecule has 180 valence electrons. The van der Waals surface area contributed by atoms with Gasteiger partial charge in [0, 0.05) is 13.1 Å². The van der Waals surface area contributed by atoms with E-state index >= 15 is 0 Å². The number of likely N-dealkylation sites (N-methyl/N-ethyl adjacent to an activating group) is 1. The molecule has 1 unspecified atom stereocenters. The third-order valence-corrected chi connectivity index (χ3v) is 6.75. The smallest absolute Gasteiger partial charge is 0.244 e. The molecule has 1 atom stereocenters. The Kier molecular flexibility index (Phi) is 9.05. The Hall–Kier alpha value is -2.87. The van der Waals surface area contributed by atoms with Crippen molar-refractivity contribution in [2.24, 2.45) is 0 Å². The van der Waals surface area contributed by atoms with E-state index in [1.807, 2.05) is 64.1 Å². The van der Waals surface area contributed by atoms with Gasteiger partial charge in [0.25, 0.3) is 0 Å². The second-order valence-corrected chi connectivity index (χ2v) is 10.4. The van der Waals surface area contributed by atoms with Gasteiger partial charge in [0.1, 0.15) is 12.6 Å². The van der Waals surface area contributed by atoms with Crippen molar-refractivity contribution >= 4 is 27.5 Å². The maximum absolute atomic E-state index is 13.6. The summed E-state index contributed by atoms with van der Waals surface area (Å²) in [6.07, 6.45) is 1.09. The zero-order valence-electron chi connectivity index (χ0n) is 20.3. The third kappa shape index (κ3) is 6.81. The van der Waals surface area contributed by atoms with Gasteiger partial charge in [-0.15, -0.1) is 0 Å². The summed E-state index contributed by atoms with van der Waals surface area (Å²) < 4.78 is 26.7. The summed E-state index contributed by atoms with van der Waals surface area (Å²) in [6.45, 7) is 9.61. The first-order valence-electron chi connectivity index (χ1n) is 11.2. The highest BCUT2D eigenvalue weighted by atomic mass is 32.2. The highest BCUT2D eigenvalue weighted by molar-refractivity contribution is 7.92. The number of carbonyl (C=O) groups excluding carboxylic acids is 2. The van der Waals surface area contributed by atoms with Gasteiger partial charge in [-0.25, -0.2) is 8.42 Å². The van der Waals surface area contributed by atoms with Crippen molar-refractivity contribution < 1.29 is 18.0 Å². The normalized spacial score (nSPS) is 12.3. The lowest BCUT2D eigenvalue weighted by Gasteiger charge is -2.32. The number of nitrogens with one attached hydrogen (secondary N) is 1. The molecule has 0 saturated carbocycles. The minimum Gasteiger partial charge on any atom is -0.355 e. The first-order valence-corrected chi connectivity index (χ1v) is 13.0. The molecular formula is C25H35N3O4S. The van der Waals surface area contributed by atoms with Crippen molar-refractivity contribution in [3.8, 4) is 0 Å². The predicted molar refractivity (Wildman–Crippen MR) is 133 cm³/mol. The standard InChI is InChI=1S/C25H35N3O4S/c1-7-26-25(30)20(5)27(16-21-13-9-8-12-19(21)4)24(29)17-28(33(6,31)32)23-15-11-10-14-22(23)18(2)3/h8-15,18,20H,7,16-17H2,1-6H3,(H,26,30). The zero-order valence-corrected chi connectivity index (χ0v) is 21.1. The van der Waals surface area contributed by atoms with Crippen LogP contribution in [0.25, 0.3) is 0 Å². The van der Waals surface area contributed by atoms with E-state index in [1.165, 1.54) is 4.90 Å². The van der Waals surface area contributed by atoms with Crippen molar-refractivity contribution in [1.29, 1.82) is 0 Å². The van der Waals surface area contributed by atoms with Crippen molar-refractivity contribution in [1.82, 2.24) is 10.2 Å². The second kappa shape index (κ2) is 11.3. The van der Waals surface area contributed by atoms with Gasteiger partial charge >= 0.3 is 0 Å².